The first-order valence-corrected chi connectivity index (χ1v) is 6.79. The lowest BCUT2D eigenvalue weighted by Gasteiger charge is -2.40. The fourth-order valence-electron chi connectivity index (χ4n) is 2.97. The van der Waals surface area contributed by atoms with Gasteiger partial charge in [-0.15, -0.1) is 12.4 Å². The van der Waals surface area contributed by atoms with Crippen LogP contribution in [0.15, 0.2) is 0 Å². The molecular weight excluding hydrogens is 252 g/mol. The number of nitrogens with zero attached hydrogens (tertiary/aromatic N) is 1. The van der Waals surface area contributed by atoms with E-state index in [1.54, 1.807) is 0 Å². The van der Waals surface area contributed by atoms with Gasteiger partial charge in [0.15, 0.2) is 0 Å². The normalized spacial score (nSPS) is 30.9. The lowest BCUT2D eigenvalue weighted by molar-refractivity contribution is -0.149. The summed E-state index contributed by atoms with van der Waals surface area (Å²) >= 11 is 0. The highest BCUT2D eigenvalue weighted by molar-refractivity contribution is 5.86. The van der Waals surface area contributed by atoms with E-state index in [0.717, 1.165) is 32.1 Å². The Balaban J connectivity index is 0.00000162. The van der Waals surface area contributed by atoms with Crippen LogP contribution in [-0.2, 0) is 9.53 Å². The van der Waals surface area contributed by atoms with Gasteiger partial charge in [-0.1, -0.05) is 19.8 Å². The van der Waals surface area contributed by atoms with Crippen LogP contribution >= 0.6 is 12.4 Å². The lowest BCUT2D eigenvalue weighted by atomic mass is 9.96. The molecule has 2 N–H and O–H groups in total. The molecule has 0 aromatic carbocycles. The maximum Gasteiger partial charge on any atom is 0.242 e. The molecule has 2 atom stereocenters. The molecule has 1 aliphatic carbocycles. The average Bonchev–Trinajstić information content (AvgIpc) is 2.75. The lowest BCUT2D eigenvalue weighted by Crippen LogP contribution is -2.58. The van der Waals surface area contributed by atoms with Crippen LogP contribution in [-0.4, -0.2) is 41.6 Å². The van der Waals surface area contributed by atoms with Crippen LogP contribution in [0.4, 0.5) is 0 Å². The Labute approximate surface area is 116 Å². The number of hydrogen-bond donors (Lipinski definition) is 1. The zero-order chi connectivity index (χ0) is 12.5. The minimum atomic E-state index is -0.588. The number of hydrogen-bond acceptors (Lipinski definition) is 3. The quantitative estimate of drug-likeness (QED) is 0.835. The molecule has 1 amide bonds. The van der Waals surface area contributed by atoms with Crippen LogP contribution in [0.2, 0.25) is 0 Å². The zero-order valence-corrected chi connectivity index (χ0v) is 12.2. The summed E-state index contributed by atoms with van der Waals surface area (Å²) in [6, 6.07) is 0. The van der Waals surface area contributed by atoms with Crippen molar-refractivity contribution >= 4 is 18.3 Å². The Morgan fingerprint density at radius 2 is 2.00 bits per heavy atom. The van der Waals surface area contributed by atoms with E-state index in [9.17, 15) is 4.79 Å². The number of halogens is 1. The number of carbonyl (C=O) groups excluding carboxylic acids is 1. The second kappa shape index (κ2) is 6.22. The molecule has 1 aliphatic heterocycles. The third-order valence-corrected chi connectivity index (χ3v) is 3.99. The van der Waals surface area contributed by atoms with Crippen molar-refractivity contribution in [1.82, 2.24) is 4.90 Å². The van der Waals surface area contributed by atoms with Gasteiger partial charge in [-0.25, -0.2) is 0 Å². The topological polar surface area (TPSA) is 55.6 Å². The van der Waals surface area contributed by atoms with Crippen molar-refractivity contribution in [3.05, 3.63) is 0 Å². The summed E-state index contributed by atoms with van der Waals surface area (Å²) < 4.78 is 5.78. The number of nitrogens with two attached hydrogens (primary N) is 1. The number of morpholine rings is 1. The van der Waals surface area contributed by atoms with Gasteiger partial charge in [0, 0.05) is 13.1 Å². The summed E-state index contributed by atoms with van der Waals surface area (Å²) in [6.07, 6.45) is 5.10. The van der Waals surface area contributed by atoms with Gasteiger partial charge in [0.25, 0.3) is 0 Å². The van der Waals surface area contributed by atoms with Crippen molar-refractivity contribution < 1.29 is 9.53 Å². The summed E-state index contributed by atoms with van der Waals surface area (Å²) in [5.41, 5.74) is 5.65. The van der Waals surface area contributed by atoms with Gasteiger partial charge in [0.1, 0.15) is 0 Å². The Bertz CT molecular complexity index is 293. The molecular formula is C13H25ClN2O2. The predicted molar refractivity (Wildman–Crippen MR) is 73.8 cm³/mol. The zero-order valence-electron chi connectivity index (χ0n) is 11.4. The molecule has 2 rings (SSSR count). The smallest absolute Gasteiger partial charge is 0.242 e. The first-order chi connectivity index (χ1) is 8.05. The van der Waals surface area contributed by atoms with E-state index in [0.29, 0.717) is 13.1 Å². The Hall–Kier alpha value is -0.320. The highest BCUT2D eigenvalue weighted by Gasteiger charge is 2.41. The van der Waals surface area contributed by atoms with Crippen LogP contribution in [0.1, 0.15) is 46.0 Å². The number of ether oxygens (including phenoxy) is 1. The molecule has 1 saturated heterocycles. The van der Waals surface area contributed by atoms with Gasteiger partial charge in [-0.05, 0) is 26.2 Å². The van der Waals surface area contributed by atoms with Gasteiger partial charge < -0.3 is 15.4 Å². The van der Waals surface area contributed by atoms with Crippen molar-refractivity contribution in [3.8, 4) is 0 Å². The van der Waals surface area contributed by atoms with Crippen molar-refractivity contribution in [3.63, 3.8) is 0 Å². The van der Waals surface area contributed by atoms with E-state index in [1.165, 1.54) is 0 Å². The maximum absolute atomic E-state index is 12.5. The maximum atomic E-state index is 12.5. The molecule has 106 valence electrons. The Morgan fingerprint density at radius 3 is 2.56 bits per heavy atom. The fourth-order valence-corrected chi connectivity index (χ4v) is 2.97. The first-order valence-electron chi connectivity index (χ1n) is 6.79. The van der Waals surface area contributed by atoms with Crippen molar-refractivity contribution in [2.75, 3.05) is 13.1 Å². The molecule has 0 spiro atoms. The van der Waals surface area contributed by atoms with Crippen molar-refractivity contribution in [1.29, 1.82) is 0 Å². The second-order valence-electron chi connectivity index (χ2n) is 5.55. The van der Waals surface area contributed by atoms with Crippen molar-refractivity contribution in [2.24, 2.45) is 5.73 Å². The standard InChI is InChI=1S/C13H24N2O2.ClH/c1-3-11-9-15(8-10(2)17-11)12(16)13(14)6-4-5-7-13;/h10-11H,3-9,14H2,1-2H3;1H. The third kappa shape index (κ3) is 3.16. The van der Waals surface area contributed by atoms with Gasteiger partial charge in [0.05, 0.1) is 17.7 Å². The Kier molecular flexibility index (Phi) is 5.44. The first kappa shape index (κ1) is 15.7. The van der Waals surface area contributed by atoms with Gasteiger partial charge >= 0.3 is 0 Å². The molecule has 0 aromatic rings. The molecule has 0 aromatic heterocycles. The van der Waals surface area contributed by atoms with E-state index in [-0.39, 0.29) is 30.5 Å². The minimum absolute atomic E-state index is 0. The van der Waals surface area contributed by atoms with E-state index in [4.69, 9.17) is 10.5 Å². The number of amides is 1. The van der Waals surface area contributed by atoms with E-state index in [2.05, 4.69) is 6.92 Å². The van der Waals surface area contributed by atoms with Crippen LogP contribution in [0.3, 0.4) is 0 Å². The summed E-state index contributed by atoms with van der Waals surface area (Å²) in [4.78, 5) is 14.4. The molecule has 18 heavy (non-hydrogen) atoms. The SMILES string of the molecule is CCC1CN(C(=O)C2(N)CCCC2)CC(C)O1.Cl. The summed E-state index contributed by atoms with van der Waals surface area (Å²) in [6.45, 7) is 5.52. The van der Waals surface area contributed by atoms with Gasteiger partial charge in [0.2, 0.25) is 5.91 Å². The molecule has 0 bridgehead atoms. The third-order valence-electron chi connectivity index (χ3n) is 3.99. The second-order valence-corrected chi connectivity index (χ2v) is 5.55. The molecule has 4 nitrogen and oxygen atoms in total. The highest BCUT2D eigenvalue weighted by Crippen LogP contribution is 2.30. The molecule has 1 heterocycles. The molecule has 5 heteroatoms. The van der Waals surface area contributed by atoms with E-state index < -0.39 is 5.54 Å². The van der Waals surface area contributed by atoms with Crippen LogP contribution in [0.5, 0.6) is 0 Å². The molecule has 0 radical (unpaired) electrons. The number of rotatable bonds is 2. The van der Waals surface area contributed by atoms with Crippen LogP contribution in [0.25, 0.3) is 0 Å². The molecule has 2 fully saturated rings. The van der Waals surface area contributed by atoms with E-state index in [1.807, 2.05) is 11.8 Å². The fraction of sp³-hybridized carbons (Fsp3) is 0.923. The Morgan fingerprint density at radius 1 is 1.39 bits per heavy atom. The predicted octanol–water partition coefficient (Wildman–Crippen LogP) is 1.71. The summed E-state index contributed by atoms with van der Waals surface area (Å²) in [5.74, 6) is 0.142. The summed E-state index contributed by atoms with van der Waals surface area (Å²) in [7, 11) is 0. The van der Waals surface area contributed by atoms with Crippen LogP contribution in [0, 0.1) is 0 Å². The van der Waals surface area contributed by atoms with Gasteiger partial charge in [-0.3, -0.25) is 4.79 Å². The molecule has 2 aliphatic rings. The minimum Gasteiger partial charge on any atom is -0.372 e. The average molecular weight is 277 g/mol. The van der Waals surface area contributed by atoms with Gasteiger partial charge in [-0.2, -0.15) is 0 Å². The molecule has 2 unspecified atom stereocenters. The monoisotopic (exact) mass is 276 g/mol. The van der Waals surface area contributed by atoms with Crippen LogP contribution < -0.4 is 5.73 Å². The molecule has 1 saturated carbocycles. The van der Waals surface area contributed by atoms with Crippen molar-refractivity contribution in [2.45, 2.75) is 63.7 Å². The summed E-state index contributed by atoms with van der Waals surface area (Å²) in [5, 5.41) is 0. The van der Waals surface area contributed by atoms with E-state index >= 15 is 0 Å². The number of carbonyl (C=O) groups is 1. The largest absolute Gasteiger partial charge is 0.372 e. The highest BCUT2D eigenvalue weighted by atomic mass is 35.5.